The molecule has 2 aromatic carbocycles. The van der Waals surface area contributed by atoms with Gasteiger partial charge >= 0.3 is 0 Å². The van der Waals surface area contributed by atoms with Gasteiger partial charge in [-0.15, -0.1) is 0 Å². The first-order valence-corrected chi connectivity index (χ1v) is 5.92. The number of amides is 1. The summed E-state index contributed by atoms with van der Waals surface area (Å²) < 4.78 is 0. The summed E-state index contributed by atoms with van der Waals surface area (Å²) in [5, 5.41) is 2.87. The molecule has 0 saturated heterocycles. The fourth-order valence-corrected chi connectivity index (χ4v) is 1.70. The molecule has 0 aromatic heterocycles. The van der Waals surface area contributed by atoms with Gasteiger partial charge in [-0.25, -0.2) is 0 Å². The van der Waals surface area contributed by atoms with Crippen LogP contribution in [0.1, 0.15) is 17.0 Å². The summed E-state index contributed by atoms with van der Waals surface area (Å²) in [4.78, 5) is 12.0. The van der Waals surface area contributed by atoms with Crippen LogP contribution in [0.15, 0.2) is 54.6 Å². The van der Waals surface area contributed by atoms with E-state index < -0.39 is 5.92 Å². The Labute approximate surface area is 108 Å². The smallest absolute Gasteiger partial charge is 0.231 e. The van der Waals surface area contributed by atoms with Crippen LogP contribution in [0.5, 0.6) is 0 Å². The number of rotatable bonds is 3. The molecule has 2 heteroatoms. The van der Waals surface area contributed by atoms with E-state index in [4.69, 9.17) is 0 Å². The van der Waals surface area contributed by atoms with Crippen LogP contribution in [-0.2, 0) is 4.79 Å². The molecule has 0 fully saturated rings. The van der Waals surface area contributed by atoms with Gasteiger partial charge in [0.05, 0.1) is 5.92 Å². The SMILES string of the molecule is [CH2]C(C(=O)Nc1ccc(C)cc1)c1ccccc1. The number of hydrogen-bond donors (Lipinski definition) is 1. The van der Waals surface area contributed by atoms with Crippen molar-refractivity contribution in [2.75, 3.05) is 5.32 Å². The van der Waals surface area contributed by atoms with E-state index in [0.29, 0.717) is 0 Å². The maximum Gasteiger partial charge on any atom is 0.231 e. The predicted molar refractivity (Wildman–Crippen MR) is 74.3 cm³/mol. The molecular formula is C16H16NO. The Morgan fingerprint density at radius 2 is 1.67 bits per heavy atom. The first-order chi connectivity index (χ1) is 8.66. The minimum absolute atomic E-state index is 0.0925. The predicted octanol–water partition coefficient (Wildman–Crippen LogP) is 3.55. The molecule has 0 aliphatic carbocycles. The Hall–Kier alpha value is -2.09. The summed E-state index contributed by atoms with van der Waals surface area (Å²) >= 11 is 0. The minimum Gasteiger partial charge on any atom is -0.326 e. The molecule has 1 N–H and O–H groups in total. The van der Waals surface area contributed by atoms with Crippen LogP contribution >= 0.6 is 0 Å². The van der Waals surface area contributed by atoms with E-state index in [0.717, 1.165) is 11.3 Å². The van der Waals surface area contributed by atoms with Gasteiger partial charge in [0, 0.05) is 5.69 Å². The first-order valence-electron chi connectivity index (χ1n) is 5.92. The second-order valence-electron chi connectivity index (χ2n) is 4.32. The summed E-state index contributed by atoms with van der Waals surface area (Å²) in [6.45, 7) is 5.92. The number of carbonyl (C=O) groups is 1. The van der Waals surface area contributed by atoms with Crippen molar-refractivity contribution in [3.05, 3.63) is 72.6 Å². The van der Waals surface area contributed by atoms with Crippen LogP contribution < -0.4 is 5.32 Å². The van der Waals surface area contributed by atoms with Crippen LogP contribution in [-0.4, -0.2) is 5.91 Å². The van der Waals surface area contributed by atoms with Crippen molar-refractivity contribution in [2.24, 2.45) is 0 Å². The molecule has 2 rings (SSSR count). The van der Waals surface area contributed by atoms with Crippen molar-refractivity contribution >= 4 is 11.6 Å². The Balaban J connectivity index is 2.06. The molecule has 1 atom stereocenters. The van der Waals surface area contributed by atoms with E-state index >= 15 is 0 Å². The second-order valence-corrected chi connectivity index (χ2v) is 4.32. The van der Waals surface area contributed by atoms with Crippen LogP contribution in [0.2, 0.25) is 0 Å². The Bertz CT molecular complexity index is 517. The van der Waals surface area contributed by atoms with E-state index in [1.165, 1.54) is 5.56 Å². The van der Waals surface area contributed by atoms with E-state index in [1.807, 2.05) is 61.5 Å². The molecule has 1 amide bonds. The van der Waals surface area contributed by atoms with Gasteiger partial charge in [-0.2, -0.15) is 0 Å². The Morgan fingerprint density at radius 3 is 2.28 bits per heavy atom. The zero-order chi connectivity index (χ0) is 13.0. The normalized spacial score (nSPS) is 11.9. The minimum atomic E-state index is -0.396. The monoisotopic (exact) mass is 238 g/mol. The zero-order valence-electron chi connectivity index (χ0n) is 10.4. The second kappa shape index (κ2) is 5.50. The molecule has 0 heterocycles. The topological polar surface area (TPSA) is 29.1 Å². The number of anilines is 1. The highest BCUT2D eigenvalue weighted by molar-refractivity contribution is 5.96. The average Bonchev–Trinajstić information content (AvgIpc) is 2.41. The van der Waals surface area contributed by atoms with Gasteiger partial charge in [-0.05, 0) is 31.5 Å². The maximum atomic E-state index is 12.0. The molecule has 18 heavy (non-hydrogen) atoms. The Morgan fingerprint density at radius 1 is 1.06 bits per heavy atom. The third-order valence-corrected chi connectivity index (χ3v) is 2.84. The van der Waals surface area contributed by atoms with Gasteiger partial charge in [0.25, 0.3) is 0 Å². The lowest BCUT2D eigenvalue weighted by atomic mass is 10.0. The number of hydrogen-bond acceptors (Lipinski definition) is 1. The number of nitrogens with one attached hydrogen (secondary N) is 1. The van der Waals surface area contributed by atoms with Crippen molar-refractivity contribution in [1.29, 1.82) is 0 Å². The standard InChI is InChI=1S/C16H16NO/c1-12-8-10-15(11-9-12)17-16(18)13(2)14-6-4-3-5-7-14/h3-11,13H,2H2,1H3,(H,17,18). The number of benzene rings is 2. The third kappa shape index (κ3) is 2.98. The fourth-order valence-electron chi connectivity index (χ4n) is 1.70. The molecule has 0 saturated carbocycles. The molecule has 0 aliphatic rings. The van der Waals surface area contributed by atoms with E-state index in [9.17, 15) is 4.79 Å². The van der Waals surface area contributed by atoms with E-state index in [-0.39, 0.29) is 5.91 Å². The van der Waals surface area contributed by atoms with Gasteiger partial charge in [-0.1, -0.05) is 48.0 Å². The summed E-state index contributed by atoms with van der Waals surface area (Å²) in [7, 11) is 0. The lowest BCUT2D eigenvalue weighted by Gasteiger charge is -2.12. The van der Waals surface area contributed by atoms with Crippen molar-refractivity contribution in [3.63, 3.8) is 0 Å². The van der Waals surface area contributed by atoms with Crippen molar-refractivity contribution in [2.45, 2.75) is 12.8 Å². The zero-order valence-corrected chi connectivity index (χ0v) is 10.4. The van der Waals surface area contributed by atoms with Crippen molar-refractivity contribution < 1.29 is 4.79 Å². The Kier molecular flexibility index (Phi) is 3.78. The lowest BCUT2D eigenvalue weighted by Crippen LogP contribution is -2.18. The molecular weight excluding hydrogens is 222 g/mol. The van der Waals surface area contributed by atoms with Crippen LogP contribution in [0.25, 0.3) is 0 Å². The maximum absolute atomic E-state index is 12.0. The molecule has 2 nitrogen and oxygen atoms in total. The van der Waals surface area contributed by atoms with Crippen LogP contribution in [0.3, 0.4) is 0 Å². The van der Waals surface area contributed by atoms with Gasteiger partial charge < -0.3 is 5.32 Å². The molecule has 1 radical (unpaired) electrons. The molecule has 1 unspecified atom stereocenters. The number of carbonyl (C=O) groups excluding carboxylic acids is 1. The van der Waals surface area contributed by atoms with Crippen LogP contribution in [0, 0.1) is 13.8 Å². The van der Waals surface area contributed by atoms with Gasteiger partial charge in [0.2, 0.25) is 5.91 Å². The molecule has 2 aromatic rings. The van der Waals surface area contributed by atoms with Crippen molar-refractivity contribution in [3.8, 4) is 0 Å². The summed E-state index contributed by atoms with van der Waals surface area (Å²) in [5.74, 6) is -0.488. The van der Waals surface area contributed by atoms with Crippen molar-refractivity contribution in [1.82, 2.24) is 0 Å². The highest BCUT2D eigenvalue weighted by Gasteiger charge is 2.14. The lowest BCUT2D eigenvalue weighted by molar-refractivity contribution is -0.116. The van der Waals surface area contributed by atoms with Crippen LogP contribution in [0.4, 0.5) is 5.69 Å². The molecule has 91 valence electrons. The van der Waals surface area contributed by atoms with Gasteiger partial charge in [0.15, 0.2) is 0 Å². The summed E-state index contributed by atoms with van der Waals surface area (Å²) in [6, 6.07) is 17.3. The van der Waals surface area contributed by atoms with Gasteiger partial charge in [0.1, 0.15) is 0 Å². The largest absolute Gasteiger partial charge is 0.326 e. The quantitative estimate of drug-likeness (QED) is 0.870. The fraction of sp³-hybridized carbons (Fsp3) is 0.125. The molecule has 0 bridgehead atoms. The summed E-state index contributed by atoms with van der Waals surface area (Å²) in [6.07, 6.45) is 0. The summed E-state index contributed by atoms with van der Waals surface area (Å²) in [5.41, 5.74) is 2.89. The molecule has 0 aliphatic heterocycles. The number of aryl methyl sites for hydroxylation is 1. The van der Waals surface area contributed by atoms with E-state index in [1.54, 1.807) is 0 Å². The third-order valence-electron chi connectivity index (χ3n) is 2.84. The van der Waals surface area contributed by atoms with Gasteiger partial charge in [-0.3, -0.25) is 4.79 Å². The average molecular weight is 238 g/mol. The first kappa shape index (κ1) is 12.4. The van der Waals surface area contributed by atoms with E-state index in [2.05, 4.69) is 12.2 Å². The highest BCUT2D eigenvalue weighted by Crippen LogP contribution is 2.17. The molecule has 0 spiro atoms. The highest BCUT2D eigenvalue weighted by atomic mass is 16.1.